The van der Waals surface area contributed by atoms with Crippen LogP contribution < -0.4 is 0 Å². The fourth-order valence-electron chi connectivity index (χ4n) is 10.4. The topological polar surface area (TPSA) is 273 Å². The number of hydrogen-bond acceptors (Lipinski definition) is 11. The number of hydrogen-bond donors (Lipinski definition) is 5. The number of ether oxygens (including phenoxy) is 2. The number of carbonyl (C=O) groups is 9. The Bertz CT molecular complexity index is 2060. The van der Waals surface area contributed by atoms with Crippen LogP contribution in [0.25, 0.3) is 0 Å². The molecule has 0 aliphatic rings. The van der Waals surface area contributed by atoms with Crippen molar-refractivity contribution in [3.05, 3.63) is 72.9 Å². The van der Waals surface area contributed by atoms with Crippen molar-refractivity contribution in [3.8, 4) is 0 Å². The summed E-state index contributed by atoms with van der Waals surface area (Å²) >= 11 is 0. The SMILES string of the molecule is CC.CCCCCCC(/C=C/CCCCCCC(=O)OC(CCC(=O)CCCCCCC/C=C\C/C=C\C=C\C(CC)C(CC(=O)O)C(=O)O)COC(=O)CCCCCCC/C=C\C=C\C(CCCCC)C(CC(=O)O)C(C)=O)C(CC(=O)O)C(=O)O. The highest BCUT2D eigenvalue weighted by Crippen LogP contribution is 2.28. The number of ketones is 2. The summed E-state index contributed by atoms with van der Waals surface area (Å²) in [5.74, 6) is -9.55. The van der Waals surface area contributed by atoms with Gasteiger partial charge in [0.25, 0.3) is 0 Å². The third kappa shape index (κ3) is 49.7. The van der Waals surface area contributed by atoms with Gasteiger partial charge in [-0.25, -0.2) is 0 Å². The molecule has 0 amide bonds. The molecule has 5 N–H and O–H groups in total. The number of esters is 2. The summed E-state index contributed by atoms with van der Waals surface area (Å²) in [5, 5.41) is 46.9. The van der Waals surface area contributed by atoms with Crippen LogP contribution in [0.4, 0.5) is 0 Å². The highest BCUT2D eigenvalue weighted by molar-refractivity contribution is 5.83. The van der Waals surface area contributed by atoms with Crippen LogP contribution in [0.5, 0.6) is 0 Å². The molecule has 0 aromatic rings. The van der Waals surface area contributed by atoms with E-state index >= 15 is 0 Å². The number of rotatable bonds is 58. The van der Waals surface area contributed by atoms with Crippen LogP contribution in [-0.2, 0) is 52.6 Å². The van der Waals surface area contributed by atoms with E-state index in [-0.39, 0.29) is 74.0 Å². The van der Waals surface area contributed by atoms with E-state index in [1.807, 2.05) is 63.3 Å². The normalized spacial score (nSPS) is 14.2. The van der Waals surface area contributed by atoms with Gasteiger partial charge in [-0.1, -0.05) is 204 Å². The molecule has 16 heteroatoms. The van der Waals surface area contributed by atoms with E-state index in [1.54, 1.807) is 12.2 Å². The molecule has 87 heavy (non-hydrogen) atoms. The number of carboxylic acids is 5. The molecule has 0 aliphatic carbocycles. The van der Waals surface area contributed by atoms with Gasteiger partial charge in [0, 0.05) is 31.6 Å². The molecular weight excluding hydrogens is 1110 g/mol. The first kappa shape index (κ1) is 83.1. The second kappa shape index (κ2) is 57.8. The van der Waals surface area contributed by atoms with E-state index in [4.69, 9.17) is 14.6 Å². The molecule has 0 aromatic heterocycles. The molecule has 0 aliphatic heterocycles. The summed E-state index contributed by atoms with van der Waals surface area (Å²) in [7, 11) is 0. The van der Waals surface area contributed by atoms with Gasteiger partial charge in [-0.3, -0.25) is 43.2 Å². The predicted molar refractivity (Wildman–Crippen MR) is 345 cm³/mol. The average molecular weight is 1230 g/mol. The van der Waals surface area contributed by atoms with Crippen molar-refractivity contribution in [3.63, 3.8) is 0 Å². The molecule has 0 bridgehead atoms. The Hall–Kier alpha value is -5.93. The van der Waals surface area contributed by atoms with E-state index in [0.29, 0.717) is 38.5 Å². The molecule has 0 rings (SSSR count). The molecule has 0 fully saturated rings. The second-order valence-corrected chi connectivity index (χ2v) is 22.8. The second-order valence-electron chi connectivity index (χ2n) is 22.8. The zero-order chi connectivity index (χ0) is 65.3. The van der Waals surface area contributed by atoms with Crippen LogP contribution in [0.3, 0.4) is 0 Å². The first-order valence-corrected chi connectivity index (χ1v) is 33.3. The summed E-state index contributed by atoms with van der Waals surface area (Å²) in [4.78, 5) is 109. The minimum atomic E-state index is -1.13. The molecule has 0 saturated carbocycles. The first-order valence-electron chi connectivity index (χ1n) is 33.3. The minimum Gasteiger partial charge on any atom is -0.481 e. The lowest BCUT2D eigenvalue weighted by atomic mass is 9.82. The van der Waals surface area contributed by atoms with Crippen molar-refractivity contribution in [2.24, 2.45) is 35.5 Å². The maximum absolute atomic E-state index is 13.1. The van der Waals surface area contributed by atoms with E-state index < -0.39 is 72.5 Å². The Labute approximate surface area is 523 Å². The molecule has 7 atom stereocenters. The molecule has 7 unspecified atom stereocenters. The van der Waals surface area contributed by atoms with Crippen molar-refractivity contribution in [2.75, 3.05) is 6.61 Å². The zero-order valence-electron chi connectivity index (χ0n) is 54.4. The number of carboxylic acid groups (broad SMARTS) is 5. The van der Waals surface area contributed by atoms with Gasteiger partial charge in [0.2, 0.25) is 0 Å². The van der Waals surface area contributed by atoms with Gasteiger partial charge in [-0.2, -0.15) is 0 Å². The van der Waals surface area contributed by atoms with Crippen molar-refractivity contribution < 1.29 is 78.2 Å². The van der Waals surface area contributed by atoms with Crippen LogP contribution in [0.2, 0.25) is 0 Å². The molecule has 0 spiro atoms. The van der Waals surface area contributed by atoms with Gasteiger partial charge in [-0.15, -0.1) is 0 Å². The Morgan fingerprint density at radius 1 is 0.402 bits per heavy atom. The van der Waals surface area contributed by atoms with Crippen LogP contribution in [-0.4, -0.2) is 91.6 Å². The largest absolute Gasteiger partial charge is 0.481 e. The van der Waals surface area contributed by atoms with Crippen LogP contribution in [0.1, 0.15) is 273 Å². The quantitative estimate of drug-likeness (QED) is 0.0164. The monoisotopic (exact) mass is 1220 g/mol. The molecule has 0 aromatic carbocycles. The van der Waals surface area contributed by atoms with E-state index in [9.17, 15) is 63.6 Å². The Kier molecular flexibility index (Phi) is 55.2. The van der Waals surface area contributed by atoms with Gasteiger partial charge >= 0.3 is 41.8 Å². The number of carbonyl (C=O) groups excluding carboxylic acids is 4. The third-order valence-corrected chi connectivity index (χ3v) is 15.5. The molecular formula is C71H116O16. The Morgan fingerprint density at radius 2 is 0.839 bits per heavy atom. The Balaban J connectivity index is 0. The minimum absolute atomic E-state index is 0.0665. The van der Waals surface area contributed by atoms with Crippen LogP contribution in [0, 0.1) is 35.5 Å². The number of unbranched alkanes of at least 4 members (excludes halogenated alkanes) is 19. The van der Waals surface area contributed by atoms with Crippen LogP contribution >= 0.6 is 0 Å². The fraction of sp³-hybridized carbons (Fsp3) is 0.704. The standard InChI is InChI=1S/C69H110O16.C2H6/c1-5-8-10-33-43-57(62(69(82)83)52-65(76)77)44-36-28-24-25-31-39-47-67(79)85-59(49-48-58(71)45-37-29-22-18-14-12-11-13-16-20-26-34-40-55(7-3)61(68(80)81)51-64(74)75)53-84-66(78)46-38-30-23-19-15-17-21-27-35-42-56(41-32-9-6-2)60(54(4)70)50-63(72)73;1-2/h11,13,20-21,26-27,34-36,40,42,44,55-57,59-62H,5-10,12,14-19,22-25,28-33,37-39,41,43,45-53H2,1-4H3,(H,72,73)(H,74,75)(H,76,77)(H,80,81)(H,82,83);1-2H3/b13-11-,26-20-,27-21-,40-34+,42-35+,44-36+;. The van der Waals surface area contributed by atoms with Gasteiger partial charge in [-0.05, 0) is 115 Å². The summed E-state index contributed by atoms with van der Waals surface area (Å²) in [6.07, 6.45) is 47.0. The lowest BCUT2D eigenvalue weighted by molar-refractivity contribution is -0.160. The van der Waals surface area contributed by atoms with Gasteiger partial charge in [0.1, 0.15) is 24.3 Å². The zero-order valence-corrected chi connectivity index (χ0v) is 54.4. The van der Waals surface area contributed by atoms with Gasteiger partial charge < -0.3 is 35.0 Å². The number of allylic oxidation sites excluding steroid dienone is 12. The fourth-order valence-corrected chi connectivity index (χ4v) is 10.4. The van der Waals surface area contributed by atoms with E-state index in [0.717, 1.165) is 148 Å². The molecule has 16 nitrogen and oxygen atoms in total. The average Bonchev–Trinajstić information content (AvgIpc) is 3.68. The maximum atomic E-state index is 13.1. The van der Waals surface area contributed by atoms with E-state index in [2.05, 4.69) is 32.1 Å². The lowest BCUT2D eigenvalue weighted by Gasteiger charge is -2.21. The molecule has 0 saturated heterocycles. The number of Topliss-reactive ketones (excluding diaryl/α,β-unsaturated/α-hetero) is 2. The van der Waals surface area contributed by atoms with Crippen molar-refractivity contribution in [1.29, 1.82) is 0 Å². The highest BCUT2D eigenvalue weighted by Gasteiger charge is 2.30. The lowest BCUT2D eigenvalue weighted by Crippen LogP contribution is -2.26. The van der Waals surface area contributed by atoms with E-state index in [1.165, 1.54) is 6.92 Å². The summed E-state index contributed by atoms with van der Waals surface area (Å²) in [6, 6.07) is 0. The van der Waals surface area contributed by atoms with Crippen LogP contribution in [0.15, 0.2) is 72.9 Å². The molecule has 0 heterocycles. The predicted octanol–water partition coefficient (Wildman–Crippen LogP) is 17.2. The molecule has 496 valence electrons. The van der Waals surface area contributed by atoms with Gasteiger partial charge in [0.05, 0.1) is 31.1 Å². The summed E-state index contributed by atoms with van der Waals surface area (Å²) in [6.45, 7) is 11.4. The van der Waals surface area contributed by atoms with Crippen molar-refractivity contribution in [2.45, 2.75) is 279 Å². The highest BCUT2D eigenvalue weighted by atomic mass is 16.6. The maximum Gasteiger partial charge on any atom is 0.307 e. The first-order chi connectivity index (χ1) is 41.9. The third-order valence-electron chi connectivity index (χ3n) is 15.5. The van der Waals surface area contributed by atoms with Gasteiger partial charge in [0.15, 0.2) is 0 Å². The van der Waals surface area contributed by atoms with Crippen molar-refractivity contribution >= 4 is 53.4 Å². The number of aliphatic carboxylic acids is 5. The summed E-state index contributed by atoms with van der Waals surface area (Å²) < 4.78 is 11.4. The van der Waals surface area contributed by atoms with Crippen molar-refractivity contribution in [1.82, 2.24) is 0 Å². The Morgan fingerprint density at radius 3 is 1.38 bits per heavy atom. The smallest absolute Gasteiger partial charge is 0.307 e. The molecule has 0 radical (unpaired) electrons. The summed E-state index contributed by atoms with van der Waals surface area (Å²) in [5.41, 5.74) is 0.